The molecule has 8 nitrogen and oxygen atoms in total. The number of aromatic nitrogens is 1. The Morgan fingerprint density at radius 1 is 1.00 bits per heavy atom. The maximum Gasteiger partial charge on any atom is 0.339 e. The number of phenolic OH excluding ortho intramolecular Hbond substituents is 1. The van der Waals surface area contributed by atoms with Crippen molar-refractivity contribution >= 4 is 56.1 Å². The number of aryl methyl sites for hydroxylation is 1. The SMILES string of the molecule is CCc1cc(Br)cc2c(C(=O)OCC(=O)c3ccccc3O)cc(-c3ccc(N4C(=O)C5C6C=C(C)C(C6)C5C4=O)cc3)nc12. The van der Waals surface area contributed by atoms with Crippen molar-refractivity contribution in [3.63, 3.8) is 0 Å². The standard InChI is InChI=1S/C36H29BrN2O6/c1-3-19-13-22(37)15-26-27(36(44)45-17-30(41)24-6-4-5-7-29(24)40)16-28(38-33(19)26)20-8-10-23(11-9-20)39-34(42)31-21-12-18(2)25(14-21)32(31)35(39)43/h4-13,15-16,21,25,31-32,40H,3,14,17H2,1-2H3. The largest absolute Gasteiger partial charge is 0.507 e. The van der Waals surface area contributed by atoms with E-state index < -0.39 is 18.4 Å². The summed E-state index contributed by atoms with van der Waals surface area (Å²) >= 11 is 3.53. The number of benzene rings is 3. The molecule has 9 heteroatoms. The molecular weight excluding hydrogens is 636 g/mol. The molecule has 4 unspecified atom stereocenters. The molecule has 226 valence electrons. The van der Waals surface area contributed by atoms with E-state index >= 15 is 0 Å². The number of rotatable bonds is 7. The van der Waals surface area contributed by atoms with Gasteiger partial charge in [0.2, 0.25) is 17.6 Å². The van der Waals surface area contributed by atoms with E-state index in [0.717, 1.165) is 16.5 Å². The van der Waals surface area contributed by atoms with Crippen molar-refractivity contribution in [3.8, 4) is 17.0 Å². The van der Waals surface area contributed by atoms with Gasteiger partial charge in [-0.05, 0) is 79.6 Å². The fraction of sp³-hybridized carbons (Fsp3) is 0.250. The van der Waals surface area contributed by atoms with Gasteiger partial charge in [-0.15, -0.1) is 0 Å². The first-order valence-electron chi connectivity index (χ1n) is 14.9. The number of halogens is 1. The van der Waals surface area contributed by atoms with Crippen molar-refractivity contribution in [1.29, 1.82) is 0 Å². The van der Waals surface area contributed by atoms with Crippen LogP contribution in [0.25, 0.3) is 22.2 Å². The monoisotopic (exact) mass is 664 g/mol. The van der Waals surface area contributed by atoms with Crippen LogP contribution >= 0.6 is 15.9 Å². The van der Waals surface area contributed by atoms with Crippen LogP contribution in [0.2, 0.25) is 0 Å². The van der Waals surface area contributed by atoms with Gasteiger partial charge in [0, 0.05) is 15.4 Å². The number of nitrogens with zero attached hydrogens (tertiary/aromatic N) is 2. The number of hydrogen-bond acceptors (Lipinski definition) is 7. The molecule has 4 aromatic rings. The number of amides is 2. The minimum atomic E-state index is -0.706. The zero-order chi connectivity index (χ0) is 31.6. The van der Waals surface area contributed by atoms with E-state index in [4.69, 9.17) is 9.72 Å². The van der Waals surface area contributed by atoms with Crippen LogP contribution in [-0.2, 0) is 20.7 Å². The number of para-hydroxylation sites is 1. The number of fused-ring (bicyclic) bond motifs is 6. The highest BCUT2D eigenvalue weighted by Crippen LogP contribution is 2.56. The molecule has 2 heterocycles. The fourth-order valence-corrected chi connectivity index (χ4v) is 7.76. The molecule has 1 aliphatic heterocycles. The van der Waals surface area contributed by atoms with Crippen LogP contribution in [0.1, 0.15) is 46.5 Å². The lowest BCUT2D eigenvalue weighted by atomic mass is 9.82. The minimum Gasteiger partial charge on any atom is -0.507 e. The molecule has 3 aromatic carbocycles. The molecule has 4 atom stereocenters. The highest BCUT2D eigenvalue weighted by molar-refractivity contribution is 9.10. The molecule has 7 rings (SSSR count). The number of ketones is 1. The number of esters is 1. The highest BCUT2D eigenvalue weighted by atomic mass is 79.9. The molecule has 2 aliphatic carbocycles. The van der Waals surface area contributed by atoms with E-state index in [-0.39, 0.29) is 52.4 Å². The van der Waals surface area contributed by atoms with Crippen LogP contribution in [0, 0.1) is 23.7 Å². The summed E-state index contributed by atoms with van der Waals surface area (Å²) in [5.41, 5.74) is 4.74. The lowest BCUT2D eigenvalue weighted by molar-refractivity contribution is -0.123. The number of anilines is 1. The van der Waals surface area contributed by atoms with Crippen LogP contribution < -0.4 is 4.90 Å². The molecule has 3 aliphatic rings. The maximum atomic E-state index is 13.5. The quantitative estimate of drug-likeness (QED) is 0.102. The molecule has 1 aromatic heterocycles. The Morgan fingerprint density at radius 2 is 1.73 bits per heavy atom. The number of hydrogen-bond donors (Lipinski definition) is 1. The number of aromatic hydroxyl groups is 1. The molecule has 0 radical (unpaired) electrons. The summed E-state index contributed by atoms with van der Waals surface area (Å²) in [6, 6.07) is 18.5. The van der Waals surface area contributed by atoms with Crippen LogP contribution in [0.15, 0.2) is 82.9 Å². The second-order valence-corrected chi connectivity index (χ2v) is 12.8. The van der Waals surface area contributed by atoms with Crippen LogP contribution in [-0.4, -0.2) is 40.3 Å². The van der Waals surface area contributed by atoms with E-state index in [2.05, 4.69) is 22.0 Å². The normalized spacial score (nSPS) is 21.8. The van der Waals surface area contributed by atoms with E-state index in [1.165, 1.54) is 22.6 Å². The average molecular weight is 666 g/mol. The first-order chi connectivity index (χ1) is 21.7. The summed E-state index contributed by atoms with van der Waals surface area (Å²) in [5.74, 6) is -2.00. The van der Waals surface area contributed by atoms with Gasteiger partial charge < -0.3 is 9.84 Å². The van der Waals surface area contributed by atoms with Gasteiger partial charge in [-0.3, -0.25) is 19.3 Å². The molecule has 0 spiro atoms. The minimum absolute atomic E-state index is 0.0688. The van der Waals surface area contributed by atoms with E-state index in [9.17, 15) is 24.3 Å². The number of carbonyl (C=O) groups excluding carboxylic acids is 4. The molecule has 1 saturated heterocycles. The number of ether oxygens (including phenoxy) is 1. The lowest BCUT2D eigenvalue weighted by Crippen LogP contribution is -2.32. The van der Waals surface area contributed by atoms with Crippen LogP contribution in [0.3, 0.4) is 0 Å². The number of imide groups is 1. The maximum absolute atomic E-state index is 13.5. The summed E-state index contributed by atoms with van der Waals surface area (Å²) in [5, 5.41) is 10.6. The zero-order valence-electron chi connectivity index (χ0n) is 24.6. The second-order valence-electron chi connectivity index (χ2n) is 11.9. The molecule has 1 N–H and O–H groups in total. The molecule has 2 bridgehead atoms. The number of carbonyl (C=O) groups is 4. The Balaban J connectivity index is 1.21. The van der Waals surface area contributed by atoms with Gasteiger partial charge in [-0.2, -0.15) is 0 Å². The molecule has 45 heavy (non-hydrogen) atoms. The predicted octanol–water partition coefficient (Wildman–Crippen LogP) is 6.67. The third kappa shape index (κ3) is 4.77. The molecular formula is C36H29BrN2O6. The Hall–Kier alpha value is -4.63. The smallest absolute Gasteiger partial charge is 0.339 e. The number of Topliss-reactive ketones (excluding diaryl/α,β-unsaturated/α-hetero) is 1. The van der Waals surface area contributed by atoms with Crippen molar-refractivity contribution < 1.29 is 29.0 Å². The zero-order valence-corrected chi connectivity index (χ0v) is 26.2. The average Bonchev–Trinajstić information content (AvgIpc) is 3.68. The van der Waals surface area contributed by atoms with Crippen molar-refractivity contribution in [2.24, 2.45) is 23.7 Å². The fourth-order valence-electron chi connectivity index (χ4n) is 7.25. The summed E-state index contributed by atoms with van der Waals surface area (Å²) < 4.78 is 6.23. The van der Waals surface area contributed by atoms with Crippen molar-refractivity contribution in [2.75, 3.05) is 11.5 Å². The van der Waals surface area contributed by atoms with Gasteiger partial charge in [0.25, 0.3) is 0 Å². The van der Waals surface area contributed by atoms with E-state index in [1.807, 2.05) is 19.9 Å². The van der Waals surface area contributed by atoms with Gasteiger partial charge in [0.1, 0.15) is 5.75 Å². The van der Waals surface area contributed by atoms with Gasteiger partial charge >= 0.3 is 5.97 Å². The van der Waals surface area contributed by atoms with Gasteiger partial charge in [-0.1, -0.05) is 58.8 Å². The Kier molecular flexibility index (Phi) is 7.16. The Labute approximate surface area is 267 Å². The first kappa shape index (κ1) is 29.1. The van der Waals surface area contributed by atoms with Crippen molar-refractivity contribution in [2.45, 2.75) is 26.7 Å². The van der Waals surface area contributed by atoms with E-state index in [1.54, 1.807) is 48.5 Å². The molecule has 1 saturated carbocycles. The van der Waals surface area contributed by atoms with Crippen molar-refractivity contribution in [3.05, 3.63) is 99.5 Å². The van der Waals surface area contributed by atoms with Gasteiger partial charge in [0.05, 0.1) is 39.9 Å². The Morgan fingerprint density at radius 3 is 2.47 bits per heavy atom. The topological polar surface area (TPSA) is 114 Å². The van der Waals surface area contributed by atoms with Gasteiger partial charge in [-0.25, -0.2) is 9.78 Å². The highest BCUT2D eigenvalue weighted by Gasteiger charge is 2.60. The lowest BCUT2D eigenvalue weighted by Gasteiger charge is -2.19. The van der Waals surface area contributed by atoms with Crippen molar-refractivity contribution in [1.82, 2.24) is 4.98 Å². The molecule has 2 amide bonds. The van der Waals surface area contributed by atoms with Gasteiger partial charge in [0.15, 0.2) is 6.61 Å². The summed E-state index contributed by atoms with van der Waals surface area (Å²) in [7, 11) is 0. The van der Waals surface area contributed by atoms with Crippen LogP contribution in [0.4, 0.5) is 5.69 Å². The number of phenols is 1. The van der Waals surface area contributed by atoms with E-state index in [0.29, 0.717) is 34.3 Å². The Bertz CT molecular complexity index is 1970. The van der Waals surface area contributed by atoms with Crippen LogP contribution in [0.5, 0.6) is 5.75 Å². The predicted molar refractivity (Wildman–Crippen MR) is 172 cm³/mol. The third-order valence-electron chi connectivity index (χ3n) is 9.40. The second kappa shape index (κ2) is 11.1. The first-order valence-corrected chi connectivity index (χ1v) is 15.7. The summed E-state index contributed by atoms with van der Waals surface area (Å²) in [6.45, 7) is 3.50. The number of pyridine rings is 1. The summed E-state index contributed by atoms with van der Waals surface area (Å²) in [6.07, 6.45) is 3.69. The number of allylic oxidation sites excluding steroid dienone is 2. The summed E-state index contributed by atoms with van der Waals surface area (Å²) in [4.78, 5) is 59.3. The third-order valence-corrected chi connectivity index (χ3v) is 9.86. The molecule has 2 fully saturated rings.